The molecule has 0 fully saturated rings. The fourth-order valence-corrected chi connectivity index (χ4v) is 3.13. The summed E-state index contributed by atoms with van der Waals surface area (Å²) < 4.78 is 17.5. The van der Waals surface area contributed by atoms with Crippen LogP contribution in [0.3, 0.4) is 0 Å². The van der Waals surface area contributed by atoms with Gasteiger partial charge in [-0.25, -0.2) is 14.1 Å². The topological polar surface area (TPSA) is 77.6 Å². The van der Waals surface area contributed by atoms with Crippen LogP contribution < -0.4 is 5.32 Å². The highest BCUT2D eigenvalue weighted by atomic mass is 19.1. The van der Waals surface area contributed by atoms with Crippen LogP contribution in [0.1, 0.15) is 21.7 Å². The highest BCUT2D eigenvalue weighted by Crippen LogP contribution is 2.24. The van der Waals surface area contributed by atoms with E-state index in [-0.39, 0.29) is 5.91 Å². The van der Waals surface area contributed by atoms with E-state index in [0.29, 0.717) is 39.4 Å². The lowest BCUT2D eigenvalue weighted by Gasteiger charge is -2.10. The summed E-state index contributed by atoms with van der Waals surface area (Å²) in [5, 5.41) is 11.8. The van der Waals surface area contributed by atoms with Crippen molar-refractivity contribution in [3.8, 4) is 5.69 Å². The van der Waals surface area contributed by atoms with Crippen LogP contribution in [0.5, 0.6) is 0 Å². The van der Waals surface area contributed by atoms with Gasteiger partial charge in [-0.1, -0.05) is 0 Å². The summed E-state index contributed by atoms with van der Waals surface area (Å²) in [6, 6.07) is 7.90. The SMILES string of the molecule is Cc1cc(C(=O)Nc2ccc(-n3cccn3)c(F)c2)c2c(C)nn(C)c2n1. The van der Waals surface area contributed by atoms with Crippen molar-refractivity contribution < 1.29 is 9.18 Å². The number of hydrogen-bond donors (Lipinski definition) is 1. The molecule has 3 heterocycles. The van der Waals surface area contributed by atoms with Gasteiger partial charge in [0.05, 0.1) is 16.6 Å². The first-order valence-corrected chi connectivity index (χ1v) is 8.36. The largest absolute Gasteiger partial charge is 0.322 e. The third-order valence-electron chi connectivity index (χ3n) is 4.30. The summed E-state index contributed by atoms with van der Waals surface area (Å²) >= 11 is 0. The van der Waals surface area contributed by atoms with Gasteiger partial charge in [0.25, 0.3) is 5.91 Å². The van der Waals surface area contributed by atoms with Crippen molar-refractivity contribution in [3.05, 3.63) is 65.5 Å². The van der Waals surface area contributed by atoms with E-state index >= 15 is 0 Å². The van der Waals surface area contributed by atoms with Gasteiger partial charge in [-0.15, -0.1) is 0 Å². The molecule has 0 atom stereocenters. The molecule has 4 rings (SSSR count). The van der Waals surface area contributed by atoms with E-state index in [2.05, 4.69) is 20.5 Å². The Labute approximate surface area is 154 Å². The highest BCUT2D eigenvalue weighted by Gasteiger charge is 2.18. The number of hydrogen-bond acceptors (Lipinski definition) is 4. The Morgan fingerprint density at radius 2 is 2.04 bits per heavy atom. The third-order valence-corrected chi connectivity index (χ3v) is 4.30. The Morgan fingerprint density at radius 1 is 1.22 bits per heavy atom. The van der Waals surface area contributed by atoms with Gasteiger partial charge in [0.15, 0.2) is 11.5 Å². The van der Waals surface area contributed by atoms with E-state index in [0.717, 1.165) is 0 Å². The highest BCUT2D eigenvalue weighted by molar-refractivity contribution is 6.12. The Morgan fingerprint density at radius 3 is 2.74 bits per heavy atom. The van der Waals surface area contributed by atoms with E-state index in [1.165, 1.54) is 10.7 Å². The van der Waals surface area contributed by atoms with Gasteiger partial charge in [0.2, 0.25) is 0 Å². The molecule has 136 valence electrons. The second kappa shape index (κ2) is 6.31. The van der Waals surface area contributed by atoms with Crippen LogP contribution in [0.4, 0.5) is 10.1 Å². The number of nitrogens with one attached hydrogen (secondary N) is 1. The molecule has 8 heteroatoms. The average Bonchev–Trinajstić information content (AvgIpc) is 3.23. The van der Waals surface area contributed by atoms with E-state index < -0.39 is 5.82 Å². The summed E-state index contributed by atoms with van der Waals surface area (Å²) in [5.41, 5.74) is 3.18. The lowest BCUT2D eigenvalue weighted by Crippen LogP contribution is -2.14. The number of aryl methyl sites for hydroxylation is 3. The van der Waals surface area contributed by atoms with Crippen LogP contribution in [0.15, 0.2) is 42.7 Å². The van der Waals surface area contributed by atoms with Gasteiger partial charge in [-0.2, -0.15) is 10.2 Å². The molecule has 0 saturated heterocycles. The maximum atomic E-state index is 14.4. The molecule has 0 aliphatic rings. The predicted octanol–water partition coefficient (Wildman–Crippen LogP) is 3.16. The van der Waals surface area contributed by atoms with Crippen molar-refractivity contribution in [3.63, 3.8) is 0 Å². The smallest absolute Gasteiger partial charge is 0.256 e. The number of benzene rings is 1. The average molecular weight is 364 g/mol. The van der Waals surface area contributed by atoms with Crippen LogP contribution in [0.25, 0.3) is 16.7 Å². The third kappa shape index (κ3) is 2.95. The van der Waals surface area contributed by atoms with E-state index in [1.807, 2.05) is 13.8 Å². The standard InChI is InChI=1S/C19H17FN6O/c1-11-9-14(17-12(2)24-25(3)18(17)22-11)19(27)23-13-5-6-16(15(20)10-13)26-8-4-7-21-26/h4-10H,1-3H3,(H,23,27). The van der Waals surface area contributed by atoms with Gasteiger partial charge in [-0.3, -0.25) is 9.48 Å². The maximum Gasteiger partial charge on any atom is 0.256 e. The number of carbonyl (C=O) groups excluding carboxylic acids is 1. The number of aromatic nitrogens is 5. The molecule has 7 nitrogen and oxygen atoms in total. The summed E-state index contributed by atoms with van der Waals surface area (Å²) in [6.45, 7) is 3.64. The summed E-state index contributed by atoms with van der Waals surface area (Å²) in [6.07, 6.45) is 3.22. The molecular weight excluding hydrogens is 347 g/mol. The van der Waals surface area contributed by atoms with Crippen molar-refractivity contribution in [2.24, 2.45) is 7.05 Å². The minimum atomic E-state index is -0.481. The Hall–Kier alpha value is -3.55. The second-order valence-electron chi connectivity index (χ2n) is 6.29. The molecule has 0 unspecified atom stereocenters. The van der Waals surface area contributed by atoms with Crippen molar-refractivity contribution in [1.29, 1.82) is 0 Å². The Kier molecular flexibility index (Phi) is 3.95. The Bertz CT molecular complexity index is 1160. The predicted molar refractivity (Wildman–Crippen MR) is 99.5 cm³/mol. The maximum absolute atomic E-state index is 14.4. The zero-order chi connectivity index (χ0) is 19.1. The first kappa shape index (κ1) is 16.9. The van der Waals surface area contributed by atoms with Crippen LogP contribution in [-0.2, 0) is 7.05 Å². The molecule has 27 heavy (non-hydrogen) atoms. The number of amides is 1. The molecule has 1 N–H and O–H groups in total. The quantitative estimate of drug-likeness (QED) is 0.606. The van der Waals surface area contributed by atoms with Gasteiger partial charge < -0.3 is 5.32 Å². The number of halogens is 1. The van der Waals surface area contributed by atoms with Crippen LogP contribution >= 0.6 is 0 Å². The van der Waals surface area contributed by atoms with Crippen LogP contribution in [0, 0.1) is 19.7 Å². The minimum Gasteiger partial charge on any atom is -0.322 e. The first-order valence-electron chi connectivity index (χ1n) is 8.36. The lowest BCUT2D eigenvalue weighted by molar-refractivity contribution is 0.102. The lowest BCUT2D eigenvalue weighted by atomic mass is 10.1. The van der Waals surface area contributed by atoms with Gasteiger partial charge >= 0.3 is 0 Å². The molecule has 1 amide bonds. The zero-order valence-corrected chi connectivity index (χ0v) is 15.1. The van der Waals surface area contributed by atoms with Crippen molar-refractivity contribution in [2.45, 2.75) is 13.8 Å². The molecule has 0 bridgehead atoms. The molecule has 1 aromatic carbocycles. The van der Waals surface area contributed by atoms with Crippen molar-refractivity contribution in [1.82, 2.24) is 24.5 Å². The number of carbonyl (C=O) groups is 1. The fraction of sp³-hybridized carbons (Fsp3) is 0.158. The normalized spacial score (nSPS) is 11.1. The number of nitrogens with zero attached hydrogens (tertiary/aromatic N) is 5. The molecule has 0 aliphatic carbocycles. The minimum absolute atomic E-state index is 0.309. The molecule has 0 spiro atoms. The van der Waals surface area contributed by atoms with Gasteiger partial charge in [0, 0.05) is 30.8 Å². The number of rotatable bonds is 3. The Balaban J connectivity index is 1.69. The monoisotopic (exact) mass is 364 g/mol. The van der Waals surface area contributed by atoms with Crippen molar-refractivity contribution >= 4 is 22.6 Å². The van der Waals surface area contributed by atoms with Crippen molar-refractivity contribution in [2.75, 3.05) is 5.32 Å². The summed E-state index contributed by atoms with van der Waals surface area (Å²) in [4.78, 5) is 17.3. The molecule has 0 saturated carbocycles. The first-order chi connectivity index (χ1) is 12.9. The molecule has 0 radical (unpaired) electrons. The van der Waals surface area contributed by atoms with Gasteiger partial charge in [0.1, 0.15) is 5.69 Å². The number of anilines is 1. The molecular formula is C19H17FN6O. The molecule has 0 aliphatic heterocycles. The van der Waals surface area contributed by atoms with E-state index in [4.69, 9.17) is 0 Å². The second-order valence-corrected chi connectivity index (χ2v) is 6.29. The zero-order valence-electron chi connectivity index (χ0n) is 15.1. The van der Waals surface area contributed by atoms with Gasteiger partial charge in [-0.05, 0) is 44.2 Å². The van der Waals surface area contributed by atoms with Crippen LogP contribution in [0.2, 0.25) is 0 Å². The summed E-state index contributed by atoms with van der Waals surface area (Å²) in [5.74, 6) is -0.821. The number of fused-ring (bicyclic) bond motifs is 1. The molecule has 4 aromatic rings. The van der Waals surface area contributed by atoms with Crippen LogP contribution in [-0.4, -0.2) is 30.5 Å². The molecule has 3 aromatic heterocycles. The van der Waals surface area contributed by atoms with E-state index in [9.17, 15) is 9.18 Å². The fourth-order valence-electron chi connectivity index (χ4n) is 3.13. The van der Waals surface area contributed by atoms with E-state index in [1.54, 1.807) is 48.4 Å². The number of pyridine rings is 1. The summed E-state index contributed by atoms with van der Waals surface area (Å²) in [7, 11) is 1.78.